The quantitative estimate of drug-likeness (QED) is 0.776. The summed E-state index contributed by atoms with van der Waals surface area (Å²) >= 11 is 5.67. The summed E-state index contributed by atoms with van der Waals surface area (Å²) in [6.07, 6.45) is 7.16. The molecule has 1 saturated carbocycles. The van der Waals surface area contributed by atoms with Crippen LogP contribution < -0.4 is 4.74 Å². The summed E-state index contributed by atoms with van der Waals surface area (Å²) in [5.41, 5.74) is 0.782. The fourth-order valence-electron chi connectivity index (χ4n) is 2.61. The van der Waals surface area contributed by atoms with Crippen LogP contribution >= 0.6 is 11.6 Å². The molecular formula is C13H19ClN2O. The Balaban J connectivity index is 1.95. The maximum Gasteiger partial charge on any atom is 0.232 e. The van der Waals surface area contributed by atoms with Crippen LogP contribution in [0.5, 0.6) is 5.88 Å². The molecule has 0 aromatic carbocycles. The van der Waals surface area contributed by atoms with Gasteiger partial charge in [-0.05, 0) is 31.1 Å². The molecule has 1 aliphatic carbocycles. The summed E-state index contributed by atoms with van der Waals surface area (Å²) in [6, 6.07) is 0. The molecule has 3 nitrogen and oxygen atoms in total. The zero-order valence-corrected chi connectivity index (χ0v) is 11.2. The van der Waals surface area contributed by atoms with Crippen LogP contribution in [0.15, 0.2) is 12.4 Å². The predicted octanol–water partition coefficient (Wildman–Crippen LogP) is 3.42. The van der Waals surface area contributed by atoms with E-state index >= 15 is 0 Å². The van der Waals surface area contributed by atoms with Crippen molar-refractivity contribution in [2.45, 2.75) is 45.1 Å². The van der Waals surface area contributed by atoms with E-state index in [1.807, 2.05) is 0 Å². The zero-order chi connectivity index (χ0) is 12.3. The number of alkyl halides is 1. The van der Waals surface area contributed by atoms with Crippen LogP contribution in [-0.4, -0.2) is 16.1 Å². The van der Waals surface area contributed by atoms with E-state index in [2.05, 4.69) is 23.8 Å². The minimum absolute atomic E-state index is 0.282. The first-order chi connectivity index (χ1) is 8.17. The topological polar surface area (TPSA) is 35.0 Å². The molecule has 94 valence electrons. The molecule has 1 aromatic rings. The van der Waals surface area contributed by atoms with Gasteiger partial charge < -0.3 is 4.74 Å². The normalized spacial score (nSPS) is 29.0. The van der Waals surface area contributed by atoms with Gasteiger partial charge in [-0.2, -0.15) is 0 Å². The van der Waals surface area contributed by atoms with Crippen LogP contribution in [-0.2, 0) is 5.88 Å². The minimum Gasteiger partial charge on any atom is -0.473 e. The van der Waals surface area contributed by atoms with Crippen molar-refractivity contribution in [2.24, 2.45) is 11.8 Å². The van der Waals surface area contributed by atoms with Crippen LogP contribution in [0.2, 0.25) is 0 Å². The number of nitrogens with zero attached hydrogens (tertiary/aromatic N) is 2. The average molecular weight is 255 g/mol. The molecule has 0 radical (unpaired) electrons. The Morgan fingerprint density at radius 1 is 1.18 bits per heavy atom. The smallest absolute Gasteiger partial charge is 0.232 e. The van der Waals surface area contributed by atoms with Gasteiger partial charge in [-0.25, -0.2) is 4.98 Å². The molecule has 2 rings (SSSR count). The van der Waals surface area contributed by atoms with Crippen molar-refractivity contribution in [3.63, 3.8) is 0 Å². The SMILES string of the molecule is CC1CC(C)CC(Oc2cnc(CCl)cn2)C1. The lowest BCUT2D eigenvalue weighted by Crippen LogP contribution is -2.28. The molecule has 0 bridgehead atoms. The lowest BCUT2D eigenvalue weighted by atomic mass is 9.82. The number of halogens is 1. The van der Waals surface area contributed by atoms with Crippen LogP contribution in [0.1, 0.15) is 38.8 Å². The molecule has 0 spiro atoms. The fourth-order valence-corrected chi connectivity index (χ4v) is 2.75. The van der Waals surface area contributed by atoms with Crippen molar-refractivity contribution in [1.82, 2.24) is 9.97 Å². The van der Waals surface area contributed by atoms with Gasteiger partial charge in [0.2, 0.25) is 5.88 Å². The summed E-state index contributed by atoms with van der Waals surface area (Å²) in [5.74, 6) is 2.48. The standard InChI is InChI=1S/C13H19ClN2O/c1-9-3-10(2)5-12(4-9)17-13-8-15-11(6-14)7-16-13/h7-10,12H,3-6H2,1-2H3. The van der Waals surface area contributed by atoms with Gasteiger partial charge in [-0.1, -0.05) is 13.8 Å². The summed E-state index contributed by atoms with van der Waals surface area (Å²) in [7, 11) is 0. The third-order valence-electron chi connectivity index (χ3n) is 3.24. The van der Waals surface area contributed by atoms with Gasteiger partial charge in [0.1, 0.15) is 6.10 Å². The van der Waals surface area contributed by atoms with E-state index in [4.69, 9.17) is 16.3 Å². The van der Waals surface area contributed by atoms with E-state index in [1.165, 1.54) is 6.42 Å². The van der Waals surface area contributed by atoms with Crippen molar-refractivity contribution >= 4 is 11.6 Å². The highest BCUT2D eigenvalue weighted by Crippen LogP contribution is 2.30. The first kappa shape index (κ1) is 12.6. The molecule has 1 aromatic heterocycles. The van der Waals surface area contributed by atoms with Gasteiger partial charge >= 0.3 is 0 Å². The van der Waals surface area contributed by atoms with Gasteiger partial charge in [0.15, 0.2) is 0 Å². The fraction of sp³-hybridized carbons (Fsp3) is 0.692. The van der Waals surface area contributed by atoms with Crippen molar-refractivity contribution in [2.75, 3.05) is 0 Å². The van der Waals surface area contributed by atoms with E-state index in [1.54, 1.807) is 12.4 Å². The Morgan fingerprint density at radius 3 is 2.41 bits per heavy atom. The second-order valence-corrected chi connectivity index (χ2v) is 5.40. The first-order valence-electron chi connectivity index (χ1n) is 6.21. The summed E-state index contributed by atoms with van der Waals surface area (Å²) in [6.45, 7) is 4.57. The van der Waals surface area contributed by atoms with Gasteiger partial charge in [0.25, 0.3) is 0 Å². The number of ether oxygens (including phenoxy) is 1. The van der Waals surface area contributed by atoms with Crippen LogP contribution in [0.4, 0.5) is 0 Å². The molecule has 1 aliphatic rings. The monoisotopic (exact) mass is 254 g/mol. The molecule has 4 heteroatoms. The highest BCUT2D eigenvalue weighted by atomic mass is 35.5. The van der Waals surface area contributed by atoms with Crippen LogP contribution in [0.25, 0.3) is 0 Å². The Kier molecular flexibility index (Phi) is 4.21. The van der Waals surface area contributed by atoms with E-state index in [0.29, 0.717) is 11.8 Å². The van der Waals surface area contributed by atoms with Gasteiger partial charge in [-0.15, -0.1) is 11.6 Å². The van der Waals surface area contributed by atoms with Crippen molar-refractivity contribution < 1.29 is 4.74 Å². The molecule has 17 heavy (non-hydrogen) atoms. The lowest BCUT2D eigenvalue weighted by molar-refractivity contribution is 0.0962. The number of aromatic nitrogens is 2. The van der Waals surface area contributed by atoms with Crippen LogP contribution in [0, 0.1) is 11.8 Å². The van der Waals surface area contributed by atoms with E-state index in [9.17, 15) is 0 Å². The molecule has 1 fully saturated rings. The average Bonchev–Trinajstić information content (AvgIpc) is 2.28. The Bertz CT molecular complexity index is 345. The highest BCUT2D eigenvalue weighted by Gasteiger charge is 2.25. The van der Waals surface area contributed by atoms with Gasteiger partial charge in [0.05, 0.1) is 24.0 Å². The van der Waals surface area contributed by atoms with Gasteiger partial charge in [0, 0.05) is 0 Å². The molecule has 1 heterocycles. The number of hydrogen-bond acceptors (Lipinski definition) is 3. The summed E-state index contributed by atoms with van der Waals surface area (Å²) < 4.78 is 5.88. The largest absolute Gasteiger partial charge is 0.473 e. The maximum absolute atomic E-state index is 5.88. The molecule has 2 unspecified atom stereocenters. The summed E-state index contributed by atoms with van der Waals surface area (Å²) in [5, 5.41) is 0. The maximum atomic E-state index is 5.88. The summed E-state index contributed by atoms with van der Waals surface area (Å²) in [4.78, 5) is 8.41. The molecule has 0 N–H and O–H groups in total. The lowest BCUT2D eigenvalue weighted by Gasteiger charge is -2.31. The Labute approximate surface area is 108 Å². The second-order valence-electron chi connectivity index (χ2n) is 5.14. The molecule has 0 amide bonds. The predicted molar refractivity (Wildman–Crippen MR) is 68.2 cm³/mol. The molecule has 2 atom stereocenters. The van der Waals surface area contributed by atoms with Crippen LogP contribution in [0.3, 0.4) is 0 Å². The van der Waals surface area contributed by atoms with E-state index in [0.717, 1.165) is 30.4 Å². The highest BCUT2D eigenvalue weighted by molar-refractivity contribution is 6.16. The van der Waals surface area contributed by atoms with E-state index < -0.39 is 0 Å². The zero-order valence-electron chi connectivity index (χ0n) is 10.4. The number of hydrogen-bond donors (Lipinski definition) is 0. The first-order valence-corrected chi connectivity index (χ1v) is 6.74. The van der Waals surface area contributed by atoms with Gasteiger partial charge in [-0.3, -0.25) is 4.98 Å². The van der Waals surface area contributed by atoms with Crippen molar-refractivity contribution in [3.05, 3.63) is 18.1 Å². The molecular weight excluding hydrogens is 236 g/mol. The Hall–Kier alpha value is -0.830. The molecule has 0 saturated heterocycles. The third-order valence-corrected chi connectivity index (χ3v) is 3.52. The minimum atomic E-state index is 0.282. The Morgan fingerprint density at radius 2 is 1.88 bits per heavy atom. The number of rotatable bonds is 3. The van der Waals surface area contributed by atoms with E-state index in [-0.39, 0.29) is 6.10 Å². The van der Waals surface area contributed by atoms with Crippen molar-refractivity contribution in [1.29, 1.82) is 0 Å². The van der Waals surface area contributed by atoms with Crippen molar-refractivity contribution in [3.8, 4) is 5.88 Å². The molecule has 0 aliphatic heterocycles. The second kappa shape index (κ2) is 5.67. The third kappa shape index (κ3) is 3.56.